The van der Waals surface area contributed by atoms with E-state index in [4.69, 9.17) is 11.6 Å². The second kappa shape index (κ2) is 5.66. The summed E-state index contributed by atoms with van der Waals surface area (Å²) in [5.74, 6) is -0.512. The molecule has 0 radical (unpaired) electrons. The van der Waals surface area contributed by atoms with Crippen molar-refractivity contribution in [2.24, 2.45) is 0 Å². The number of alkyl halides is 3. The van der Waals surface area contributed by atoms with Crippen molar-refractivity contribution >= 4 is 11.6 Å². The van der Waals surface area contributed by atoms with Gasteiger partial charge in [0.15, 0.2) is 6.61 Å². The molecule has 0 aliphatic carbocycles. The van der Waals surface area contributed by atoms with E-state index in [9.17, 15) is 17.6 Å². The average molecular weight is 272 g/mol. The van der Waals surface area contributed by atoms with Crippen LogP contribution in [0.3, 0.4) is 0 Å². The van der Waals surface area contributed by atoms with Crippen LogP contribution in [0.25, 0.3) is 0 Å². The monoisotopic (exact) mass is 271 g/mol. The van der Waals surface area contributed by atoms with Crippen molar-refractivity contribution in [3.63, 3.8) is 0 Å². The van der Waals surface area contributed by atoms with Crippen molar-refractivity contribution in [2.75, 3.05) is 6.61 Å². The van der Waals surface area contributed by atoms with Crippen molar-refractivity contribution in [3.8, 4) is 0 Å². The zero-order valence-electron chi connectivity index (χ0n) is 8.81. The maximum atomic E-state index is 12.7. The fourth-order valence-corrected chi connectivity index (χ4v) is 1.50. The third-order valence-corrected chi connectivity index (χ3v) is 2.25. The van der Waals surface area contributed by atoms with Crippen LogP contribution in [-0.2, 0) is 4.84 Å². The quantitative estimate of drug-likeness (QED) is 0.667. The van der Waals surface area contributed by atoms with Crippen LogP contribution >= 0.6 is 11.6 Å². The maximum absolute atomic E-state index is 12.7. The Morgan fingerprint density at radius 3 is 2.59 bits per heavy atom. The average Bonchev–Trinajstić information content (AvgIpc) is 2.15. The molecule has 0 heterocycles. The van der Waals surface area contributed by atoms with Crippen molar-refractivity contribution in [3.05, 3.63) is 34.6 Å². The number of hydrogen-bond donors (Lipinski definition) is 1. The maximum Gasteiger partial charge on any atom is 0.413 e. The van der Waals surface area contributed by atoms with Gasteiger partial charge in [-0.05, 0) is 24.6 Å². The van der Waals surface area contributed by atoms with Gasteiger partial charge < -0.3 is 0 Å². The Kier molecular flexibility index (Phi) is 4.73. The molecule has 1 aromatic rings. The number of benzene rings is 1. The van der Waals surface area contributed by atoms with Gasteiger partial charge in [-0.3, -0.25) is 4.84 Å². The zero-order chi connectivity index (χ0) is 13.1. The topological polar surface area (TPSA) is 21.3 Å². The molecule has 1 unspecified atom stereocenters. The van der Waals surface area contributed by atoms with Crippen LogP contribution in [0.4, 0.5) is 17.6 Å². The fraction of sp³-hybridized carbons (Fsp3) is 0.400. The van der Waals surface area contributed by atoms with E-state index >= 15 is 0 Å². The molecule has 7 heteroatoms. The van der Waals surface area contributed by atoms with E-state index < -0.39 is 24.6 Å². The van der Waals surface area contributed by atoms with Crippen LogP contribution in [0.5, 0.6) is 0 Å². The van der Waals surface area contributed by atoms with Crippen LogP contribution in [0.1, 0.15) is 18.5 Å². The van der Waals surface area contributed by atoms with E-state index in [0.717, 1.165) is 6.07 Å². The standard InChI is InChI=1S/C10H10ClF4NO/c1-6(16-17-5-10(13,14)15)8-3-2-7(12)4-9(8)11/h2-4,6,16H,5H2,1H3. The van der Waals surface area contributed by atoms with Gasteiger partial charge in [0.25, 0.3) is 0 Å². The van der Waals surface area contributed by atoms with Crippen molar-refractivity contribution < 1.29 is 22.4 Å². The highest BCUT2D eigenvalue weighted by atomic mass is 35.5. The first-order valence-corrected chi connectivity index (χ1v) is 5.06. The molecule has 0 saturated carbocycles. The van der Waals surface area contributed by atoms with Gasteiger partial charge in [0.2, 0.25) is 0 Å². The molecule has 1 aromatic carbocycles. The Morgan fingerprint density at radius 1 is 1.41 bits per heavy atom. The molecule has 0 bridgehead atoms. The molecule has 0 fully saturated rings. The Balaban J connectivity index is 2.55. The van der Waals surface area contributed by atoms with Gasteiger partial charge in [-0.1, -0.05) is 17.7 Å². The summed E-state index contributed by atoms with van der Waals surface area (Å²) in [7, 11) is 0. The molecule has 0 aliphatic rings. The van der Waals surface area contributed by atoms with Crippen molar-refractivity contribution in [1.29, 1.82) is 0 Å². The first-order chi connectivity index (χ1) is 7.79. The Bertz CT molecular complexity index is 383. The Morgan fingerprint density at radius 2 is 2.06 bits per heavy atom. The lowest BCUT2D eigenvalue weighted by molar-refractivity contribution is -0.192. The molecule has 0 spiro atoms. The van der Waals surface area contributed by atoms with E-state index in [2.05, 4.69) is 10.3 Å². The molecule has 0 aromatic heterocycles. The second-order valence-corrected chi connectivity index (χ2v) is 3.82. The predicted octanol–water partition coefficient (Wildman–Crippen LogP) is 3.62. The molecule has 0 amide bonds. The minimum absolute atomic E-state index is 0.126. The summed E-state index contributed by atoms with van der Waals surface area (Å²) in [6.45, 7) is 0.144. The molecular formula is C10H10ClF4NO. The van der Waals surface area contributed by atoms with Gasteiger partial charge in [-0.15, -0.1) is 0 Å². The summed E-state index contributed by atoms with van der Waals surface area (Å²) in [5, 5.41) is 0.126. The molecule has 96 valence electrons. The number of hydroxylamine groups is 1. The highest BCUT2D eigenvalue weighted by molar-refractivity contribution is 6.31. The largest absolute Gasteiger partial charge is 0.413 e. The van der Waals surface area contributed by atoms with E-state index in [-0.39, 0.29) is 5.02 Å². The van der Waals surface area contributed by atoms with Crippen LogP contribution in [0.15, 0.2) is 18.2 Å². The first-order valence-electron chi connectivity index (χ1n) is 4.68. The second-order valence-electron chi connectivity index (χ2n) is 3.41. The molecular weight excluding hydrogens is 262 g/mol. The predicted molar refractivity (Wildman–Crippen MR) is 55.0 cm³/mol. The minimum Gasteiger partial charge on any atom is -0.292 e. The lowest BCUT2D eigenvalue weighted by Gasteiger charge is -2.16. The van der Waals surface area contributed by atoms with Gasteiger partial charge in [0.05, 0.1) is 6.04 Å². The van der Waals surface area contributed by atoms with E-state index in [0.29, 0.717) is 5.56 Å². The number of halogens is 5. The summed E-state index contributed by atoms with van der Waals surface area (Å²) in [6.07, 6.45) is -4.40. The fourth-order valence-electron chi connectivity index (χ4n) is 1.16. The Hall–Kier alpha value is -0.850. The third-order valence-electron chi connectivity index (χ3n) is 1.92. The SMILES string of the molecule is CC(NOCC(F)(F)F)c1ccc(F)cc1Cl. The third kappa shape index (κ3) is 4.89. The van der Waals surface area contributed by atoms with Gasteiger partial charge in [-0.25, -0.2) is 4.39 Å². The number of hydrogen-bond acceptors (Lipinski definition) is 2. The molecule has 2 nitrogen and oxygen atoms in total. The normalized spacial score (nSPS) is 13.8. The summed E-state index contributed by atoms with van der Waals surface area (Å²) in [4.78, 5) is 4.27. The molecule has 0 saturated heterocycles. The Labute approximate surface area is 100 Å². The lowest BCUT2D eigenvalue weighted by Crippen LogP contribution is -2.26. The first kappa shape index (κ1) is 14.2. The van der Waals surface area contributed by atoms with Gasteiger partial charge in [-0.2, -0.15) is 18.7 Å². The van der Waals surface area contributed by atoms with Crippen molar-refractivity contribution in [2.45, 2.75) is 19.1 Å². The molecule has 1 atom stereocenters. The van der Waals surface area contributed by atoms with E-state index in [1.54, 1.807) is 6.92 Å². The number of nitrogens with one attached hydrogen (secondary N) is 1. The minimum atomic E-state index is -4.40. The highest BCUT2D eigenvalue weighted by Crippen LogP contribution is 2.24. The van der Waals surface area contributed by atoms with Crippen LogP contribution in [0.2, 0.25) is 5.02 Å². The van der Waals surface area contributed by atoms with Gasteiger partial charge >= 0.3 is 6.18 Å². The van der Waals surface area contributed by atoms with Gasteiger partial charge in [0.1, 0.15) is 5.82 Å². The smallest absolute Gasteiger partial charge is 0.292 e. The van der Waals surface area contributed by atoms with Gasteiger partial charge in [0, 0.05) is 5.02 Å². The summed E-state index contributed by atoms with van der Waals surface area (Å²) >= 11 is 5.74. The zero-order valence-corrected chi connectivity index (χ0v) is 9.57. The van der Waals surface area contributed by atoms with E-state index in [1.165, 1.54) is 12.1 Å². The number of rotatable bonds is 4. The molecule has 1 rings (SSSR count). The van der Waals surface area contributed by atoms with E-state index in [1.807, 2.05) is 0 Å². The molecule has 17 heavy (non-hydrogen) atoms. The summed E-state index contributed by atoms with van der Waals surface area (Å²) < 4.78 is 48.1. The lowest BCUT2D eigenvalue weighted by atomic mass is 10.1. The summed E-state index contributed by atoms with van der Waals surface area (Å²) in [6, 6.07) is 3.05. The van der Waals surface area contributed by atoms with Crippen molar-refractivity contribution in [1.82, 2.24) is 5.48 Å². The highest BCUT2D eigenvalue weighted by Gasteiger charge is 2.28. The van der Waals surface area contributed by atoms with Crippen LogP contribution in [-0.4, -0.2) is 12.8 Å². The molecule has 0 aliphatic heterocycles. The van der Waals surface area contributed by atoms with Crippen LogP contribution < -0.4 is 5.48 Å². The van der Waals surface area contributed by atoms with Crippen LogP contribution in [0, 0.1) is 5.82 Å². The molecule has 1 N–H and O–H groups in total. The summed E-state index contributed by atoms with van der Waals surface area (Å²) in [5.41, 5.74) is 2.64.